The van der Waals surface area contributed by atoms with Crippen molar-refractivity contribution in [2.24, 2.45) is 5.73 Å². The van der Waals surface area contributed by atoms with Crippen molar-refractivity contribution in [3.05, 3.63) is 0 Å². The van der Waals surface area contributed by atoms with Crippen LogP contribution in [0.5, 0.6) is 0 Å². The highest BCUT2D eigenvalue weighted by Gasteiger charge is 2.03. The Hall–Kier alpha value is -0.0800. The van der Waals surface area contributed by atoms with Gasteiger partial charge in [0.1, 0.15) is 0 Å². The molecule has 0 heterocycles. The maximum absolute atomic E-state index is 5.99. The van der Waals surface area contributed by atoms with Crippen molar-refractivity contribution in [2.75, 3.05) is 14.1 Å². The first-order valence-corrected chi connectivity index (χ1v) is 9.60. The second kappa shape index (κ2) is 16.3. The van der Waals surface area contributed by atoms with Crippen LogP contribution in [0.2, 0.25) is 0 Å². The minimum absolute atomic E-state index is 0.252. The quantitative estimate of drug-likeness (QED) is 0.292. The second-order valence-corrected chi connectivity index (χ2v) is 6.92. The van der Waals surface area contributed by atoms with E-state index in [0.29, 0.717) is 0 Å². The molecule has 2 N–H and O–H groups in total. The van der Waals surface area contributed by atoms with E-state index in [0.717, 1.165) is 6.42 Å². The zero-order chi connectivity index (χ0) is 15.8. The number of nitrogens with zero attached hydrogens (tertiary/aromatic N) is 1. The fourth-order valence-corrected chi connectivity index (χ4v) is 2.81. The Morgan fingerprint density at radius 1 is 0.619 bits per heavy atom. The Bertz CT molecular complexity index is 192. The molecule has 1 atom stereocenters. The van der Waals surface area contributed by atoms with Crippen molar-refractivity contribution in [2.45, 2.75) is 109 Å². The largest absolute Gasteiger partial charge is 0.316 e. The molecule has 0 radical (unpaired) electrons. The van der Waals surface area contributed by atoms with Crippen LogP contribution in [0.3, 0.4) is 0 Å². The predicted octanol–water partition coefficient (Wildman–Crippen LogP) is 5.70. The first-order valence-electron chi connectivity index (χ1n) is 9.60. The van der Waals surface area contributed by atoms with Crippen LogP contribution in [-0.2, 0) is 0 Å². The molecule has 0 fully saturated rings. The van der Waals surface area contributed by atoms with Gasteiger partial charge in [-0.25, -0.2) is 0 Å². The molecule has 0 bridgehead atoms. The van der Waals surface area contributed by atoms with E-state index in [1.165, 1.54) is 89.9 Å². The molecule has 21 heavy (non-hydrogen) atoms. The van der Waals surface area contributed by atoms with Gasteiger partial charge in [-0.1, -0.05) is 96.8 Å². The van der Waals surface area contributed by atoms with Crippen LogP contribution in [0.15, 0.2) is 0 Å². The summed E-state index contributed by atoms with van der Waals surface area (Å²) in [6.45, 7) is 2.29. The van der Waals surface area contributed by atoms with Gasteiger partial charge >= 0.3 is 0 Å². The molecule has 0 rings (SSSR count). The van der Waals surface area contributed by atoms with Crippen LogP contribution in [0, 0.1) is 0 Å². The average molecular weight is 299 g/mol. The maximum atomic E-state index is 5.99. The topological polar surface area (TPSA) is 29.3 Å². The second-order valence-electron chi connectivity index (χ2n) is 6.92. The van der Waals surface area contributed by atoms with Gasteiger partial charge in [-0.3, -0.25) is 4.90 Å². The summed E-state index contributed by atoms with van der Waals surface area (Å²) >= 11 is 0. The van der Waals surface area contributed by atoms with Gasteiger partial charge in [-0.05, 0) is 20.5 Å². The smallest absolute Gasteiger partial charge is 0.0566 e. The molecule has 0 aromatic carbocycles. The molecule has 0 aliphatic carbocycles. The molecule has 128 valence electrons. The zero-order valence-corrected chi connectivity index (χ0v) is 15.2. The molecule has 0 saturated heterocycles. The summed E-state index contributed by atoms with van der Waals surface area (Å²) in [4.78, 5) is 2.11. The van der Waals surface area contributed by atoms with Crippen molar-refractivity contribution in [3.8, 4) is 0 Å². The molecule has 0 aliphatic rings. The lowest BCUT2D eigenvalue weighted by molar-refractivity contribution is 0.278. The Morgan fingerprint density at radius 2 is 0.952 bits per heavy atom. The molecule has 1 unspecified atom stereocenters. The third kappa shape index (κ3) is 16.1. The van der Waals surface area contributed by atoms with Crippen molar-refractivity contribution in [3.63, 3.8) is 0 Å². The number of unbranched alkanes of at least 4 members (excludes halogenated alkanes) is 13. The molecule has 0 amide bonds. The maximum Gasteiger partial charge on any atom is 0.0566 e. The predicted molar refractivity (Wildman–Crippen MR) is 96.6 cm³/mol. The monoisotopic (exact) mass is 298 g/mol. The van der Waals surface area contributed by atoms with Gasteiger partial charge in [-0.2, -0.15) is 0 Å². The van der Waals surface area contributed by atoms with E-state index in [1.54, 1.807) is 0 Å². The third-order valence-corrected chi connectivity index (χ3v) is 4.52. The molecule has 2 nitrogen and oxygen atoms in total. The van der Waals surface area contributed by atoms with Crippen LogP contribution in [-0.4, -0.2) is 25.2 Å². The van der Waals surface area contributed by atoms with E-state index >= 15 is 0 Å². The van der Waals surface area contributed by atoms with E-state index in [4.69, 9.17) is 5.73 Å². The van der Waals surface area contributed by atoms with Crippen molar-refractivity contribution >= 4 is 0 Å². The van der Waals surface area contributed by atoms with Gasteiger partial charge in [-0.15, -0.1) is 0 Å². The van der Waals surface area contributed by atoms with E-state index in [9.17, 15) is 0 Å². The summed E-state index contributed by atoms with van der Waals surface area (Å²) in [6.07, 6.45) is 21.3. The van der Waals surface area contributed by atoms with Crippen molar-refractivity contribution in [1.29, 1.82) is 0 Å². The van der Waals surface area contributed by atoms with Crippen LogP contribution < -0.4 is 5.73 Å². The lowest BCUT2D eigenvalue weighted by Crippen LogP contribution is -2.35. The van der Waals surface area contributed by atoms with Crippen molar-refractivity contribution < 1.29 is 0 Å². The van der Waals surface area contributed by atoms with Gasteiger partial charge in [0.25, 0.3) is 0 Å². The molecule has 0 aromatic rings. The standard InChI is InChI=1S/C19H42N2/c1-4-5-6-7-8-9-10-11-12-13-14-15-16-17-18-19(20)21(2)3/h19H,4-18,20H2,1-3H3. The van der Waals surface area contributed by atoms with E-state index in [-0.39, 0.29) is 6.17 Å². The van der Waals surface area contributed by atoms with Crippen LogP contribution in [0.1, 0.15) is 103 Å². The molecule has 0 aliphatic heterocycles. The number of rotatable bonds is 16. The SMILES string of the molecule is CCCCCCCCCCCCCCCCC(N)N(C)C. The summed E-state index contributed by atoms with van der Waals surface area (Å²) in [6, 6.07) is 0. The lowest BCUT2D eigenvalue weighted by Gasteiger charge is -2.19. The van der Waals surface area contributed by atoms with Crippen LogP contribution in [0.4, 0.5) is 0 Å². The lowest BCUT2D eigenvalue weighted by atomic mass is 10.0. The van der Waals surface area contributed by atoms with Gasteiger partial charge in [0.2, 0.25) is 0 Å². The van der Waals surface area contributed by atoms with Gasteiger partial charge < -0.3 is 5.73 Å². The Labute approximate surface area is 134 Å². The summed E-state index contributed by atoms with van der Waals surface area (Å²) in [5.74, 6) is 0. The van der Waals surface area contributed by atoms with Crippen molar-refractivity contribution in [1.82, 2.24) is 4.90 Å². The Morgan fingerprint density at radius 3 is 1.29 bits per heavy atom. The summed E-state index contributed by atoms with van der Waals surface area (Å²) < 4.78 is 0. The highest BCUT2D eigenvalue weighted by molar-refractivity contribution is 4.57. The first-order chi connectivity index (χ1) is 10.2. The molecule has 2 heteroatoms. The van der Waals surface area contributed by atoms with Gasteiger partial charge in [0.05, 0.1) is 6.17 Å². The fraction of sp³-hybridized carbons (Fsp3) is 1.00. The number of hydrogen-bond acceptors (Lipinski definition) is 2. The average Bonchev–Trinajstić information content (AvgIpc) is 2.47. The zero-order valence-electron chi connectivity index (χ0n) is 15.2. The van der Waals surface area contributed by atoms with E-state index in [1.807, 2.05) is 0 Å². The van der Waals surface area contributed by atoms with Crippen LogP contribution >= 0.6 is 0 Å². The van der Waals surface area contributed by atoms with Gasteiger partial charge in [0, 0.05) is 0 Å². The summed E-state index contributed by atoms with van der Waals surface area (Å²) in [7, 11) is 4.13. The molecular formula is C19H42N2. The Kier molecular flexibility index (Phi) is 16.2. The highest BCUT2D eigenvalue weighted by atomic mass is 15.2. The fourth-order valence-electron chi connectivity index (χ4n) is 2.81. The molecular weight excluding hydrogens is 256 g/mol. The summed E-state index contributed by atoms with van der Waals surface area (Å²) in [5.41, 5.74) is 5.99. The molecule has 0 aromatic heterocycles. The summed E-state index contributed by atoms with van der Waals surface area (Å²) in [5, 5.41) is 0. The van der Waals surface area contributed by atoms with E-state index < -0.39 is 0 Å². The minimum atomic E-state index is 0.252. The normalized spacial score (nSPS) is 13.0. The number of hydrogen-bond donors (Lipinski definition) is 1. The third-order valence-electron chi connectivity index (χ3n) is 4.52. The molecule has 0 spiro atoms. The van der Waals surface area contributed by atoms with Crippen LogP contribution in [0.25, 0.3) is 0 Å². The first kappa shape index (κ1) is 20.9. The van der Waals surface area contributed by atoms with E-state index in [2.05, 4.69) is 25.9 Å². The molecule has 0 saturated carbocycles. The number of nitrogens with two attached hydrogens (primary N) is 1. The Balaban J connectivity index is 3.03. The van der Waals surface area contributed by atoms with Gasteiger partial charge in [0.15, 0.2) is 0 Å². The highest BCUT2D eigenvalue weighted by Crippen LogP contribution is 2.13. The minimum Gasteiger partial charge on any atom is -0.316 e.